The molecule has 2 heterocycles. The molecule has 5 rings (SSSR count). The lowest BCUT2D eigenvalue weighted by molar-refractivity contribution is 0.0135. The van der Waals surface area contributed by atoms with E-state index in [0.29, 0.717) is 50.5 Å². The van der Waals surface area contributed by atoms with Crippen LogP contribution in [0.2, 0.25) is 0 Å². The maximum absolute atomic E-state index is 14.3. The number of alkyl halides is 2. The van der Waals surface area contributed by atoms with Gasteiger partial charge in [0.1, 0.15) is 53.4 Å². The first-order valence-electron chi connectivity index (χ1n) is 21.2. The van der Waals surface area contributed by atoms with Gasteiger partial charge in [-0.1, -0.05) is 41.0 Å². The van der Waals surface area contributed by atoms with E-state index in [1.54, 1.807) is 12.1 Å². The van der Waals surface area contributed by atoms with Gasteiger partial charge in [0.05, 0.1) is 23.3 Å². The smallest absolute Gasteiger partial charge is 0.273 e. The predicted molar refractivity (Wildman–Crippen MR) is 223 cm³/mol. The van der Waals surface area contributed by atoms with Gasteiger partial charge >= 0.3 is 0 Å². The molecule has 1 aliphatic rings. The fourth-order valence-corrected chi connectivity index (χ4v) is 7.36. The third kappa shape index (κ3) is 12.3. The van der Waals surface area contributed by atoms with Crippen LogP contribution in [0.4, 0.5) is 13.2 Å². The van der Waals surface area contributed by atoms with Crippen molar-refractivity contribution in [3.8, 4) is 40.1 Å². The van der Waals surface area contributed by atoms with E-state index in [1.165, 1.54) is 18.9 Å². The van der Waals surface area contributed by atoms with Crippen molar-refractivity contribution >= 4 is 11.0 Å². The zero-order chi connectivity index (χ0) is 40.8. The molecule has 314 valence electrons. The molecule has 0 unspecified atom stereocenters. The highest BCUT2D eigenvalue weighted by molar-refractivity contribution is 5.88. The van der Waals surface area contributed by atoms with Gasteiger partial charge in [0, 0.05) is 51.3 Å². The first kappa shape index (κ1) is 44.1. The Balaban J connectivity index is 1.55. The highest BCUT2D eigenvalue weighted by Crippen LogP contribution is 2.40. The Kier molecular flexibility index (Phi) is 16.8. The van der Waals surface area contributed by atoms with E-state index in [0.717, 1.165) is 125 Å². The Morgan fingerprint density at radius 1 is 0.702 bits per heavy atom. The number of unbranched alkanes of at least 4 members (excludes halogenated alkanes) is 1. The molecule has 0 aliphatic carbocycles. The average molecular weight is 796 g/mol. The molecule has 1 aromatic heterocycles. The second-order valence-electron chi connectivity index (χ2n) is 14.9. The van der Waals surface area contributed by atoms with Crippen LogP contribution in [0.3, 0.4) is 0 Å². The lowest BCUT2D eigenvalue weighted by Gasteiger charge is -2.21. The van der Waals surface area contributed by atoms with Crippen molar-refractivity contribution in [2.75, 3.05) is 78.7 Å². The molecule has 0 spiro atoms. The predicted octanol–water partition coefficient (Wildman–Crippen LogP) is 10.2. The third-order valence-corrected chi connectivity index (χ3v) is 10.7. The molecule has 0 bridgehead atoms. The summed E-state index contributed by atoms with van der Waals surface area (Å²) in [6.45, 7) is 22.3. The quantitative estimate of drug-likeness (QED) is 0.0615. The van der Waals surface area contributed by atoms with E-state index >= 15 is 0 Å². The van der Waals surface area contributed by atoms with Crippen molar-refractivity contribution in [3.05, 3.63) is 59.9 Å². The van der Waals surface area contributed by atoms with Crippen LogP contribution in [0.1, 0.15) is 85.6 Å². The highest BCUT2D eigenvalue weighted by Gasteiger charge is 2.29. The fourth-order valence-electron chi connectivity index (χ4n) is 7.36. The number of fused-ring (bicyclic) bond motifs is 1. The minimum absolute atomic E-state index is 0.0993. The molecular weight excluding hydrogens is 732 g/mol. The van der Waals surface area contributed by atoms with Crippen LogP contribution >= 0.6 is 0 Å². The topological polar surface area (TPSA) is 64.5 Å². The zero-order valence-electron chi connectivity index (χ0n) is 35.1. The number of imidazole rings is 1. The van der Waals surface area contributed by atoms with Crippen molar-refractivity contribution in [1.82, 2.24) is 24.3 Å². The van der Waals surface area contributed by atoms with Gasteiger partial charge < -0.3 is 33.3 Å². The van der Waals surface area contributed by atoms with E-state index in [-0.39, 0.29) is 5.75 Å². The van der Waals surface area contributed by atoms with Gasteiger partial charge in [-0.15, -0.1) is 0 Å². The molecule has 0 amide bonds. The summed E-state index contributed by atoms with van der Waals surface area (Å²) in [5.74, 6) is -1.19. The van der Waals surface area contributed by atoms with Crippen molar-refractivity contribution in [1.29, 1.82) is 0 Å². The molecule has 12 heteroatoms. The van der Waals surface area contributed by atoms with Crippen molar-refractivity contribution < 1.29 is 32.1 Å². The van der Waals surface area contributed by atoms with E-state index in [4.69, 9.17) is 23.9 Å². The van der Waals surface area contributed by atoms with Crippen LogP contribution < -0.4 is 18.9 Å². The van der Waals surface area contributed by atoms with E-state index < -0.39 is 17.3 Å². The SMILES string of the molecule is CCCCn1c(-c2ccc(Oc3ccc(F)c(C(C)(F)F)c3)cc2OCCN(CC)CCC)nc2c(OCCN3CCCC3)cc(OCCCN(CC)CC)cc21. The van der Waals surface area contributed by atoms with Crippen LogP contribution in [0.25, 0.3) is 22.4 Å². The number of ether oxygens (including phenoxy) is 4. The molecule has 3 aromatic carbocycles. The van der Waals surface area contributed by atoms with Crippen LogP contribution in [-0.2, 0) is 12.5 Å². The molecule has 57 heavy (non-hydrogen) atoms. The third-order valence-electron chi connectivity index (χ3n) is 10.7. The van der Waals surface area contributed by atoms with Crippen LogP contribution in [-0.4, -0.2) is 103 Å². The summed E-state index contributed by atoms with van der Waals surface area (Å²) < 4.78 is 70.6. The Morgan fingerprint density at radius 3 is 2.11 bits per heavy atom. The van der Waals surface area contributed by atoms with Gasteiger partial charge in [0.2, 0.25) is 0 Å². The Labute approximate surface area is 338 Å². The summed E-state index contributed by atoms with van der Waals surface area (Å²) in [7, 11) is 0. The number of likely N-dealkylation sites (N-methyl/N-ethyl adjacent to an activating group) is 1. The monoisotopic (exact) mass is 795 g/mol. The van der Waals surface area contributed by atoms with Crippen LogP contribution in [0, 0.1) is 5.82 Å². The van der Waals surface area contributed by atoms with Gasteiger partial charge in [-0.05, 0) is 102 Å². The standard InChI is InChI=1S/C45H64F3N5O4/c1-7-12-24-53-40-31-36(54-27-15-23-50(9-3)10-4)33-42(56-29-26-52-21-13-14-22-52)43(40)49-44(53)37-18-16-35(32-41(37)55-28-25-51(11-5)20-8-2)57-34-17-19-39(46)38(30-34)45(6,47)48/h16-19,30-33H,7-15,20-29H2,1-6H3. The number of hydrogen-bond donors (Lipinski definition) is 0. The van der Waals surface area contributed by atoms with Gasteiger partial charge in [-0.3, -0.25) is 4.90 Å². The second kappa shape index (κ2) is 21.7. The van der Waals surface area contributed by atoms with E-state index in [2.05, 4.69) is 60.0 Å². The Hall–Kier alpha value is -4.00. The normalized spacial score (nSPS) is 13.7. The van der Waals surface area contributed by atoms with Crippen molar-refractivity contribution in [3.63, 3.8) is 0 Å². The molecule has 1 aliphatic heterocycles. The van der Waals surface area contributed by atoms with E-state index in [9.17, 15) is 13.2 Å². The summed E-state index contributed by atoms with van der Waals surface area (Å²) in [5.41, 5.74) is 1.71. The first-order chi connectivity index (χ1) is 27.6. The summed E-state index contributed by atoms with van der Waals surface area (Å²) >= 11 is 0. The van der Waals surface area contributed by atoms with Crippen molar-refractivity contribution in [2.24, 2.45) is 0 Å². The number of likely N-dealkylation sites (tertiary alicyclic amines) is 1. The van der Waals surface area contributed by atoms with Gasteiger partial charge in [0.25, 0.3) is 5.92 Å². The minimum atomic E-state index is -3.37. The molecular formula is C45H64F3N5O4. The molecule has 0 radical (unpaired) electrons. The molecule has 9 nitrogen and oxygen atoms in total. The number of hydrogen-bond acceptors (Lipinski definition) is 8. The summed E-state index contributed by atoms with van der Waals surface area (Å²) in [6, 6.07) is 12.9. The highest BCUT2D eigenvalue weighted by atomic mass is 19.3. The van der Waals surface area contributed by atoms with Crippen LogP contribution in [0.5, 0.6) is 28.7 Å². The minimum Gasteiger partial charge on any atom is -0.493 e. The number of rotatable bonds is 25. The van der Waals surface area contributed by atoms with Gasteiger partial charge in [-0.2, -0.15) is 0 Å². The summed E-state index contributed by atoms with van der Waals surface area (Å²) in [6.07, 6.45) is 6.28. The molecule has 1 fully saturated rings. The number of nitrogens with zero attached hydrogens (tertiary/aromatic N) is 5. The number of aromatic nitrogens is 2. The lowest BCUT2D eigenvalue weighted by Crippen LogP contribution is -2.29. The Morgan fingerprint density at radius 2 is 1.40 bits per heavy atom. The Bertz CT molecular complexity index is 1840. The second-order valence-corrected chi connectivity index (χ2v) is 14.9. The van der Waals surface area contributed by atoms with E-state index in [1.807, 2.05) is 12.1 Å². The lowest BCUT2D eigenvalue weighted by atomic mass is 10.1. The van der Waals surface area contributed by atoms with Crippen LogP contribution in [0.15, 0.2) is 48.5 Å². The molecule has 0 saturated carbocycles. The summed E-state index contributed by atoms with van der Waals surface area (Å²) in [5, 5.41) is 0. The fraction of sp³-hybridized carbons (Fsp3) is 0.578. The molecule has 1 saturated heterocycles. The molecule has 0 N–H and O–H groups in total. The average Bonchev–Trinajstić information content (AvgIpc) is 3.85. The van der Waals surface area contributed by atoms with Gasteiger partial charge in [-0.25, -0.2) is 18.2 Å². The maximum atomic E-state index is 14.3. The summed E-state index contributed by atoms with van der Waals surface area (Å²) in [4.78, 5) is 12.4. The van der Waals surface area contributed by atoms with Crippen molar-refractivity contribution in [2.45, 2.75) is 92.5 Å². The number of benzene rings is 3. The molecule has 0 atom stereocenters. The largest absolute Gasteiger partial charge is 0.493 e. The number of aryl methyl sites for hydroxylation is 1. The maximum Gasteiger partial charge on any atom is 0.273 e. The molecule has 4 aromatic rings. The van der Waals surface area contributed by atoms with Gasteiger partial charge in [0.15, 0.2) is 5.75 Å². The first-order valence-corrected chi connectivity index (χ1v) is 21.2. The number of halogens is 3. The zero-order valence-corrected chi connectivity index (χ0v) is 35.1.